The maximum absolute atomic E-state index is 14.5. The van der Waals surface area contributed by atoms with E-state index in [-0.39, 0.29) is 59.2 Å². The summed E-state index contributed by atoms with van der Waals surface area (Å²) >= 11 is 0. The van der Waals surface area contributed by atoms with Crippen LogP contribution in [0.5, 0.6) is 0 Å². The zero-order valence-corrected chi connectivity index (χ0v) is 32.1. The monoisotopic (exact) mass is 933 g/mol. The van der Waals surface area contributed by atoms with Crippen LogP contribution in [-0.2, 0) is 58.3 Å². The fourth-order valence-electron chi connectivity index (χ4n) is 6.03. The molecule has 9 rings (SSSR count). The topological polar surface area (TPSA) is 51.8 Å². The molecule has 0 unspecified atom stereocenters. The van der Waals surface area contributed by atoms with Gasteiger partial charge in [0.1, 0.15) is 11.4 Å². The molecule has 0 aliphatic heterocycles. The van der Waals surface area contributed by atoms with E-state index in [1.165, 1.54) is 48.5 Å². The number of rotatable bonds is 12. The Morgan fingerprint density at radius 2 is 1.05 bits per heavy atom. The van der Waals surface area contributed by atoms with E-state index >= 15 is 0 Å². The van der Waals surface area contributed by atoms with Gasteiger partial charge in [-0.15, -0.1) is 90.0 Å². The molecule has 6 heteroatoms. The van der Waals surface area contributed by atoms with Crippen LogP contribution < -0.4 is 0 Å². The SMILES string of the molecule is [2H]c1cc2c(oc3c(-c4ccc(C([2H])([2H])C([2H])([2H])c5cc(C([2H])([2H])C([2H])([2H])c6ccc(-c7[c-]cccc7)nc6)cc(C([2H])([2H])C([2H])([2H])c6ccc(-c7[c-]cccc7)nc6)c5)cn4)[c-]ccc32)c([2H])c1F.[Ir+3]. The number of hydrogen-bond donors (Lipinski definition) is 0. The van der Waals surface area contributed by atoms with Gasteiger partial charge in [-0.2, -0.15) is 0 Å². The van der Waals surface area contributed by atoms with Crippen LogP contribution in [0.15, 0.2) is 156 Å². The Labute approximate surface area is 365 Å². The van der Waals surface area contributed by atoms with Gasteiger partial charge >= 0.3 is 20.1 Å². The molecule has 0 N–H and O–H groups in total. The Balaban J connectivity index is 0.00000676. The van der Waals surface area contributed by atoms with Crippen molar-refractivity contribution >= 4 is 21.9 Å². The van der Waals surface area contributed by atoms with E-state index in [4.69, 9.17) is 7.16 Å². The largest absolute Gasteiger partial charge is 3.00 e. The number of aryl methyl sites for hydroxylation is 6. The number of aromatic nitrogens is 3. The number of nitrogens with zero attached hydrogens (tertiary/aromatic N) is 3. The average molecular weight is 933 g/mol. The van der Waals surface area contributed by atoms with Gasteiger partial charge in [0.2, 0.25) is 0 Å². The van der Waals surface area contributed by atoms with Crippen LogP contribution in [0.2, 0.25) is 0 Å². The minimum atomic E-state index is -3.18. The molecule has 0 bridgehead atoms. The standard InChI is InChI=1S/C51H37FN3O.Ir/c52-43-23-24-44-45-12-7-13-46(51(45)56-50(44)31-43)49-27-22-37(34-55-49)16-19-40-29-38(17-14-35-20-25-47(53-32-35)41-8-3-1-4-9-41)28-39(30-40)18-15-36-21-26-48(54-33-36)42-10-5-2-6-11-42;/h1-8,10,12,20-34H,14-19H2;/q-3;+3/i14D2,15D2,16D2,17D2,18D2,19D2,23D,31D;. The number of benzene rings is 5. The van der Waals surface area contributed by atoms with E-state index in [1.807, 2.05) is 0 Å². The molecule has 0 saturated carbocycles. The summed E-state index contributed by atoms with van der Waals surface area (Å²) in [5.74, 6) is -1.06. The van der Waals surface area contributed by atoms with Crippen molar-refractivity contribution < 1.29 is 48.1 Å². The van der Waals surface area contributed by atoms with Crippen molar-refractivity contribution in [3.8, 4) is 33.8 Å². The van der Waals surface area contributed by atoms with Crippen molar-refractivity contribution in [1.29, 1.82) is 0 Å². The fraction of sp³-hybridized carbons (Fsp3) is 0.118. The smallest absolute Gasteiger partial charge is 0.500 e. The van der Waals surface area contributed by atoms with Gasteiger partial charge in [-0.25, -0.2) is 4.39 Å². The Morgan fingerprint density at radius 1 is 0.544 bits per heavy atom. The average Bonchev–Trinajstić information content (AvgIpc) is 3.74. The van der Waals surface area contributed by atoms with Crippen LogP contribution in [0.1, 0.15) is 52.6 Å². The first-order valence-corrected chi connectivity index (χ1v) is 17.5. The zero-order valence-electron chi connectivity index (χ0n) is 43.7. The summed E-state index contributed by atoms with van der Waals surface area (Å²) in [5.41, 5.74) is -0.115. The van der Waals surface area contributed by atoms with Crippen molar-refractivity contribution in [2.45, 2.75) is 38.2 Å². The van der Waals surface area contributed by atoms with Crippen molar-refractivity contribution in [2.24, 2.45) is 0 Å². The quantitative estimate of drug-likeness (QED) is 0.115. The Morgan fingerprint density at radius 3 is 1.53 bits per heavy atom. The second-order valence-corrected chi connectivity index (χ2v) is 12.6. The van der Waals surface area contributed by atoms with Gasteiger partial charge in [0.05, 0.1) is 8.32 Å². The van der Waals surface area contributed by atoms with E-state index < -0.39 is 72.8 Å². The van der Waals surface area contributed by atoms with Gasteiger partial charge in [-0.1, -0.05) is 65.5 Å². The molecular weight excluding hydrogens is 882 g/mol. The number of hydrogen-bond acceptors (Lipinski definition) is 4. The number of fused-ring (bicyclic) bond motifs is 3. The van der Waals surface area contributed by atoms with Crippen LogP contribution in [0.25, 0.3) is 55.7 Å². The molecule has 57 heavy (non-hydrogen) atoms. The summed E-state index contributed by atoms with van der Waals surface area (Å²) in [6.07, 6.45) is -15.0. The van der Waals surface area contributed by atoms with E-state index in [0.717, 1.165) is 36.8 Å². The summed E-state index contributed by atoms with van der Waals surface area (Å²) in [5, 5.41) is 0.748. The molecular formula is C51H37FIrN3O. The second kappa shape index (κ2) is 17.4. The third-order valence-electron chi connectivity index (χ3n) is 8.76. The molecule has 0 aliphatic rings. The van der Waals surface area contributed by atoms with E-state index in [9.17, 15) is 20.8 Å². The normalized spacial score (nSPS) is 16.3. The first kappa shape index (κ1) is 24.5. The third kappa shape index (κ3) is 8.84. The summed E-state index contributed by atoms with van der Waals surface area (Å²) in [4.78, 5) is 13.1. The molecule has 4 aromatic heterocycles. The predicted octanol–water partition coefficient (Wildman–Crippen LogP) is 11.7. The molecule has 4 heterocycles. The number of pyridine rings is 3. The van der Waals surface area contributed by atoms with Crippen molar-refractivity contribution in [3.63, 3.8) is 0 Å². The zero-order chi connectivity index (χ0) is 50.2. The van der Waals surface area contributed by atoms with Crippen LogP contribution in [-0.4, -0.2) is 15.0 Å². The molecule has 0 radical (unpaired) electrons. The summed E-state index contributed by atoms with van der Waals surface area (Å²) < 4.78 is 148. The third-order valence-corrected chi connectivity index (χ3v) is 8.76. The number of furan rings is 1. The second-order valence-electron chi connectivity index (χ2n) is 12.6. The first-order valence-electron chi connectivity index (χ1n) is 24.5. The van der Waals surface area contributed by atoms with Gasteiger partial charge in [-0.3, -0.25) is 0 Å². The minimum Gasteiger partial charge on any atom is -0.500 e. The molecule has 0 atom stereocenters. The first-order chi connectivity index (χ1) is 33.0. The molecule has 5 aromatic carbocycles. The molecule has 0 amide bonds. The minimum absolute atomic E-state index is 0. The van der Waals surface area contributed by atoms with Crippen molar-refractivity contribution in [3.05, 3.63) is 209 Å². The van der Waals surface area contributed by atoms with Crippen LogP contribution in [0.3, 0.4) is 0 Å². The number of halogens is 1. The summed E-state index contributed by atoms with van der Waals surface area (Å²) in [6, 6.07) is 37.3. The van der Waals surface area contributed by atoms with E-state index in [2.05, 4.69) is 33.2 Å². The molecule has 0 aliphatic carbocycles. The molecule has 9 aromatic rings. The van der Waals surface area contributed by atoms with Crippen LogP contribution in [0.4, 0.5) is 4.39 Å². The Hall–Kier alpha value is -6.07. The Kier molecular flexibility index (Phi) is 7.48. The summed E-state index contributed by atoms with van der Waals surface area (Å²) in [7, 11) is 0. The Bertz CT molecular complexity index is 3290. The molecule has 278 valence electrons. The fourth-order valence-corrected chi connectivity index (χ4v) is 6.03. The maximum Gasteiger partial charge on any atom is 3.00 e. The van der Waals surface area contributed by atoms with Gasteiger partial charge in [0, 0.05) is 46.5 Å². The maximum atomic E-state index is 14.5. The van der Waals surface area contributed by atoms with E-state index in [0.29, 0.717) is 33.3 Å². The summed E-state index contributed by atoms with van der Waals surface area (Å²) in [6.45, 7) is 0. The van der Waals surface area contributed by atoms with Crippen LogP contribution >= 0.6 is 0 Å². The van der Waals surface area contributed by atoms with Gasteiger partial charge in [0.15, 0.2) is 0 Å². The molecule has 0 fully saturated rings. The van der Waals surface area contributed by atoms with Crippen LogP contribution in [0, 0.1) is 24.0 Å². The predicted molar refractivity (Wildman–Crippen MR) is 221 cm³/mol. The molecule has 0 spiro atoms. The molecule has 4 nitrogen and oxygen atoms in total. The van der Waals surface area contributed by atoms with Gasteiger partial charge in [-0.05, 0) is 101 Å². The van der Waals surface area contributed by atoms with Crippen molar-refractivity contribution in [2.75, 3.05) is 0 Å². The van der Waals surface area contributed by atoms with Gasteiger partial charge < -0.3 is 19.4 Å². The molecule has 0 saturated heterocycles. The van der Waals surface area contributed by atoms with Crippen molar-refractivity contribution in [1.82, 2.24) is 15.0 Å². The van der Waals surface area contributed by atoms with E-state index in [1.54, 1.807) is 54.6 Å². The van der Waals surface area contributed by atoms with Gasteiger partial charge in [0.25, 0.3) is 0 Å².